The van der Waals surface area contributed by atoms with Crippen molar-refractivity contribution in [2.24, 2.45) is 11.8 Å². The Morgan fingerprint density at radius 3 is 2.25 bits per heavy atom. The molecule has 3 fully saturated rings. The molecule has 3 heterocycles. The molecular formula is C24H29F3N2O6S. The molecule has 1 aromatic carbocycles. The number of ether oxygens (including phenoxy) is 1. The zero-order chi connectivity index (χ0) is 26.8. The summed E-state index contributed by atoms with van der Waals surface area (Å²) in [6.45, 7) is 4.94. The van der Waals surface area contributed by atoms with E-state index in [1.807, 2.05) is 19.1 Å². The number of carboxylic acids is 1. The zero-order valence-corrected chi connectivity index (χ0v) is 21.0. The summed E-state index contributed by atoms with van der Waals surface area (Å²) in [5, 5.41) is 7.12. The molecule has 0 saturated carbocycles. The Labute approximate surface area is 211 Å². The van der Waals surface area contributed by atoms with E-state index in [-0.39, 0.29) is 23.8 Å². The number of aliphatic carboxylic acids is 1. The standard InChI is InChI=1S/C22H28N2O4S.C2HF3O2/c1-4-23-19(25)16-17(20(23)26)22(21(27)28-3)12-6-7-13-24(22)18(16)14-8-10-15(11-9-14)29-5-2;3-2(4,5)1(6)7/h8-11,16-18H,4-7,12-13H2,1-3H3;(H,6,7)/t16-,17-,18+,22-;/m0./s1. The van der Waals surface area contributed by atoms with Crippen LogP contribution in [0.2, 0.25) is 0 Å². The second kappa shape index (κ2) is 10.8. The van der Waals surface area contributed by atoms with Gasteiger partial charge in [-0.25, -0.2) is 4.79 Å². The van der Waals surface area contributed by atoms with Crippen molar-refractivity contribution in [3.05, 3.63) is 29.8 Å². The smallest absolute Gasteiger partial charge is 0.475 e. The molecule has 0 spiro atoms. The third-order valence-electron chi connectivity index (χ3n) is 6.98. The van der Waals surface area contributed by atoms with Gasteiger partial charge in [-0.15, -0.1) is 11.8 Å². The summed E-state index contributed by atoms with van der Waals surface area (Å²) in [4.78, 5) is 53.2. The lowest BCUT2D eigenvalue weighted by Gasteiger charge is -2.44. The number of imide groups is 1. The van der Waals surface area contributed by atoms with Crippen molar-refractivity contribution in [1.29, 1.82) is 0 Å². The van der Waals surface area contributed by atoms with Crippen LogP contribution in [0.3, 0.4) is 0 Å². The number of benzene rings is 1. The molecule has 3 aliphatic rings. The number of amides is 2. The maximum absolute atomic E-state index is 13.3. The molecule has 1 aromatic rings. The predicted octanol–water partition coefficient (Wildman–Crippen LogP) is 3.51. The van der Waals surface area contributed by atoms with E-state index in [2.05, 4.69) is 24.0 Å². The predicted molar refractivity (Wildman–Crippen MR) is 124 cm³/mol. The molecule has 4 rings (SSSR count). The van der Waals surface area contributed by atoms with Crippen LogP contribution in [0.15, 0.2) is 29.2 Å². The van der Waals surface area contributed by atoms with Gasteiger partial charge in [0.1, 0.15) is 5.54 Å². The highest BCUT2D eigenvalue weighted by Gasteiger charge is 2.72. The van der Waals surface area contributed by atoms with Crippen molar-refractivity contribution >= 4 is 35.5 Å². The SMILES string of the molecule is CCSc1ccc([C@@H]2[C@H]3C(=O)N(CC)C(=O)[C@H]3[C@]3(C(=O)OC)CCCCN23)cc1.O=C(O)C(F)(F)F. The molecular weight excluding hydrogens is 501 g/mol. The number of methoxy groups -OCH3 is 1. The van der Waals surface area contributed by atoms with Crippen LogP contribution in [0.1, 0.15) is 44.7 Å². The van der Waals surface area contributed by atoms with Crippen molar-refractivity contribution in [2.45, 2.75) is 55.8 Å². The van der Waals surface area contributed by atoms with Crippen molar-refractivity contribution in [1.82, 2.24) is 9.80 Å². The maximum atomic E-state index is 13.3. The summed E-state index contributed by atoms with van der Waals surface area (Å²) >= 11 is 1.76. The molecule has 0 aromatic heterocycles. The number of halogens is 3. The summed E-state index contributed by atoms with van der Waals surface area (Å²) in [5.74, 6) is -3.73. The Morgan fingerprint density at radius 1 is 1.14 bits per heavy atom. The van der Waals surface area contributed by atoms with Crippen molar-refractivity contribution in [3.8, 4) is 0 Å². The number of fused-ring (bicyclic) bond motifs is 3. The summed E-state index contributed by atoms with van der Waals surface area (Å²) in [6.07, 6.45) is -2.74. The van der Waals surface area contributed by atoms with E-state index in [1.54, 1.807) is 11.8 Å². The summed E-state index contributed by atoms with van der Waals surface area (Å²) < 4.78 is 37.0. The van der Waals surface area contributed by atoms with Crippen LogP contribution in [0.25, 0.3) is 0 Å². The molecule has 0 bridgehead atoms. The van der Waals surface area contributed by atoms with E-state index >= 15 is 0 Å². The first-order valence-electron chi connectivity index (χ1n) is 11.7. The molecule has 0 unspecified atom stereocenters. The maximum Gasteiger partial charge on any atom is 0.490 e. The Bertz CT molecular complexity index is 1020. The highest BCUT2D eigenvalue weighted by molar-refractivity contribution is 7.99. The summed E-state index contributed by atoms with van der Waals surface area (Å²) in [7, 11) is 1.38. The molecule has 2 amide bonds. The molecule has 198 valence electrons. The second-order valence-corrected chi connectivity index (χ2v) is 10.1. The van der Waals surface area contributed by atoms with Crippen LogP contribution in [0.4, 0.5) is 13.2 Å². The lowest BCUT2D eigenvalue weighted by Crippen LogP contribution is -2.59. The minimum Gasteiger partial charge on any atom is -0.475 e. The van der Waals surface area contributed by atoms with Gasteiger partial charge in [0.05, 0.1) is 18.9 Å². The van der Waals surface area contributed by atoms with Gasteiger partial charge in [-0.2, -0.15) is 13.2 Å². The number of rotatable bonds is 5. The normalized spacial score (nSPS) is 27.7. The summed E-state index contributed by atoms with van der Waals surface area (Å²) in [5.41, 5.74) is -0.0530. The van der Waals surface area contributed by atoms with Gasteiger partial charge in [-0.3, -0.25) is 24.2 Å². The molecule has 0 radical (unpaired) electrons. The molecule has 3 saturated heterocycles. The average molecular weight is 531 g/mol. The lowest BCUT2D eigenvalue weighted by atomic mass is 9.75. The van der Waals surface area contributed by atoms with Crippen molar-refractivity contribution < 1.29 is 42.2 Å². The number of thioether (sulfide) groups is 1. The van der Waals surface area contributed by atoms with E-state index in [9.17, 15) is 27.6 Å². The van der Waals surface area contributed by atoms with E-state index < -0.39 is 29.5 Å². The highest BCUT2D eigenvalue weighted by Crippen LogP contribution is 2.58. The lowest BCUT2D eigenvalue weighted by molar-refractivity contribution is -0.192. The molecule has 3 aliphatic heterocycles. The third-order valence-corrected chi connectivity index (χ3v) is 7.88. The molecule has 1 N–H and O–H groups in total. The van der Waals surface area contributed by atoms with Gasteiger partial charge < -0.3 is 9.84 Å². The summed E-state index contributed by atoms with van der Waals surface area (Å²) in [6, 6.07) is 7.95. The van der Waals surface area contributed by atoms with E-state index in [0.717, 1.165) is 24.2 Å². The largest absolute Gasteiger partial charge is 0.490 e. The van der Waals surface area contributed by atoms with Gasteiger partial charge in [0.25, 0.3) is 0 Å². The Morgan fingerprint density at radius 2 is 1.75 bits per heavy atom. The number of alkyl halides is 3. The quantitative estimate of drug-likeness (QED) is 0.351. The number of hydrogen-bond acceptors (Lipinski definition) is 7. The average Bonchev–Trinajstić information content (AvgIpc) is 3.29. The van der Waals surface area contributed by atoms with Gasteiger partial charge in [-0.1, -0.05) is 19.1 Å². The number of carboxylic acid groups (broad SMARTS) is 1. The first kappa shape index (κ1) is 28.0. The number of carbonyl (C=O) groups excluding carboxylic acids is 3. The van der Waals surface area contributed by atoms with Gasteiger partial charge in [0, 0.05) is 17.5 Å². The molecule has 8 nitrogen and oxygen atoms in total. The Balaban J connectivity index is 0.000000454. The fraction of sp³-hybridized carbons (Fsp3) is 0.583. The van der Waals surface area contributed by atoms with Gasteiger partial charge in [-0.05, 0) is 56.2 Å². The molecule has 4 atom stereocenters. The molecule has 0 aliphatic carbocycles. The van der Waals surface area contributed by atoms with Crippen LogP contribution in [0, 0.1) is 11.8 Å². The molecule has 36 heavy (non-hydrogen) atoms. The highest BCUT2D eigenvalue weighted by atomic mass is 32.2. The molecule has 12 heteroatoms. The number of likely N-dealkylation sites (tertiary alicyclic amines) is 1. The first-order valence-corrected chi connectivity index (χ1v) is 12.7. The second-order valence-electron chi connectivity index (χ2n) is 8.74. The Kier molecular flexibility index (Phi) is 8.39. The fourth-order valence-corrected chi connectivity index (χ4v) is 6.32. The number of esters is 1. The fourth-order valence-electron chi connectivity index (χ4n) is 5.66. The monoisotopic (exact) mass is 530 g/mol. The topological polar surface area (TPSA) is 104 Å². The van der Waals surface area contributed by atoms with Crippen LogP contribution in [-0.2, 0) is 23.9 Å². The zero-order valence-electron chi connectivity index (χ0n) is 20.2. The number of nitrogens with zero attached hydrogens (tertiary/aromatic N) is 2. The number of carbonyl (C=O) groups is 4. The minimum atomic E-state index is -5.08. The van der Waals surface area contributed by atoms with E-state index in [4.69, 9.17) is 14.6 Å². The Hall–Kier alpha value is -2.60. The number of hydrogen-bond donors (Lipinski definition) is 1. The van der Waals surface area contributed by atoms with Crippen molar-refractivity contribution in [2.75, 3.05) is 26.0 Å². The van der Waals surface area contributed by atoms with Crippen LogP contribution < -0.4 is 0 Å². The van der Waals surface area contributed by atoms with Gasteiger partial charge >= 0.3 is 18.1 Å². The van der Waals surface area contributed by atoms with Gasteiger partial charge in [0.15, 0.2) is 0 Å². The van der Waals surface area contributed by atoms with Crippen LogP contribution in [-0.4, -0.2) is 76.3 Å². The van der Waals surface area contributed by atoms with E-state index in [0.29, 0.717) is 19.5 Å². The van der Waals surface area contributed by atoms with Crippen molar-refractivity contribution in [3.63, 3.8) is 0 Å². The minimum absolute atomic E-state index is 0.155. The third kappa shape index (κ3) is 4.72. The first-order chi connectivity index (χ1) is 16.9. The van der Waals surface area contributed by atoms with Crippen LogP contribution >= 0.6 is 11.8 Å². The van der Waals surface area contributed by atoms with Crippen LogP contribution in [0.5, 0.6) is 0 Å². The number of piperidine rings is 1. The van der Waals surface area contributed by atoms with Gasteiger partial charge in [0.2, 0.25) is 11.8 Å². The van der Waals surface area contributed by atoms with E-state index in [1.165, 1.54) is 16.9 Å².